The number of nitrogens with one attached hydrogen (secondary N) is 3. The van der Waals surface area contributed by atoms with E-state index in [-0.39, 0.29) is 42.0 Å². The third-order valence-electron chi connectivity index (χ3n) is 7.88. The van der Waals surface area contributed by atoms with Gasteiger partial charge in [0.05, 0.1) is 24.4 Å². The van der Waals surface area contributed by atoms with E-state index < -0.39 is 12.3 Å². The van der Waals surface area contributed by atoms with Crippen molar-refractivity contribution in [3.05, 3.63) is 54.6 Å². The second-order valence-electron chi connectivity index (χ2n) is 10.5. The first kappa shape index (κ1) is 26.4. The molecule has 40 heavy (non-hydrogen) atoms. The Balaban J connectivity index is 1.21. The van der Waals surface area contributed by atoms with Gasteiger partial charge < -0.3 is 29.8 Å². The van der Waals surface area contributed by atoms with Crippen LogP contribution in [0.15, 0.2) is 49.1 Å². The van der Waals surface area contributed by atoms with E-state index in [4.69, 9.17) is 9.47 Å². The first-order valence-electron chi connectivity index (χ1n) is 13.7. The molecule has 210 valence electrons. The third-order valence-corrected chi connectivity index (χ3v) is 7.88. The predicted molar refractivity (Wildman–Crippen MR) is 146 cm³/mol. The molecule has 3 fully saturated rings. The smallest absolute Gasteiger partial charge is 0.320 e. The van der Waals surface area contributed by atoms with Gasteiger partial charge in [0, 0.05) is 19.0 Å². The molecule has 6 unspecified atom stereocenters. The molecule has 0 spiro atoms. The Kier molecular flexibility index (Phi) is 7.46. The zero-order chi connectivity index (χ0) is 27.6. The van der Waals surface area contributed by atoms with Gasteiger partial charge in [0.25, 0.3) is 0 Å². The van der Waals surface area contributed by atoms with E-state index in [0.29, 0.717) is 36.6 Å². The van der Waals surface area contributed by atoms with Crippen LogP contribution in [0.3, 0.4) is 0 Å². The van der Waals surface area contributed by atoms with E-state index in [1.807, 2.05) is 54.0 Å². The number of aromatic nitrogens is 4. The molecule has 2 aliphatic carbocycles. The maximum Gasteiger partial charge on any atom is 0.320 e. The number of carbonyl (C=O) groups excluding carboxylic acids is 1. The van der Waals surface area contributed by atoms with E-state index in [9.17, 15) is 14.7 Å². The molecule has 7 atom stereocenters. The molecule has 1 aromatic carbocycles. The molecule has 0 radical (unpaired) electrons. The Hall–Kier alpha value is -3.87. The van der Waals surface area contributed by atoms with Crippen LogP contribution in [0.4, 0.5) is 10.6 Å². The van der Waals surface area contributed by atoms with Gasteiger partial charge in [-0.15, -0.1) is 0 Å². The van der Waals surface area contributed by atoms with Gasteiger partial charge in [-0.3, -0.25) is 10.1 Å². The molecule has 2 amide bonds. The molecular weight excluding hydrogens is 514 g/mol. The van der Waals surface area contributed by atoms with Crippen molar-refractivity contribution < 1.29 is 24.2 Å². The average molecular weight is 548 g/mol. The summed E-state index contributed by atoms with van der Waals surface area (Å²) >= 11 is 0. The van der Waals surface area contributed by atoms with Crippen molar-refractivity contribution in [2.75, 3.05) is 25.0 Å². The second kappa shape index (κ2) is 11.3. The van der Waals surface area contributed by atoms with E-state index in [1.54, 1.807) is 6.33 Å². The summed E-state index contributed by atoms with van der Waals surface area (Å²) in [6.45, 7) is 3.69. The summed E-state index contributed by atoms with van der Waals surface area (Å²) in [7, 11) is 0. The topological polar surface area (TPSA) is 153 Å². The molecule has 2 aromatic heterocycles. The van der Waals surface area contributed by atoms with E-state index in [2.05, 4.69) is 30.9 Å². The Bertz CT molecular complexity index is 1400. The van der Waals surface area contributed by atoms with Crippen molar-refractivity contribution in [3.63, 3.8) is 0 Å². The van der Waals surface area contributed by atoms with Crippen molar-refractivity contribution in [2.45, 2.75) is 44.3 Å². The number of rotatable bonds is 10. The number of hydrogen-bond donors (Lipinski definition) is 4. The molecule has 0 bridgehead atoms. The van der Waals surface area contributed by atoms with Gasteiger partial charge in [0.1, 0.15) is 12.4 Å². The lowest BCUT2D eigenvalue weighted by atomic mass is 10.1. The van der Waals surface area contributed by atoms with Crippen LogP contribution in [0.2, 0.25) is 0 Å². The van der Waals surface area contributed by atoms with E-state index in [0.717, 1.165) is 18.4 Å². The largest absolute Gasteiger partial charge is 0.481 e. The lowest BCUT2D eigenvalue weighted by molar-refractivity contribution is -0.138. The first-order chi connectivity index (χ1) is 19.5. The fourth-order valence-electron chi connectivity index (χ4n) is 5.81. The molecular formula is C28H33N7O5. The Morgan fingerprint density at radius 1 is 1.07 bits per heavy atom. The van der Waals surface area contributed by atoms with Crippen LogP contribution in [-0.4, -0.2) is 74.8 Å². The highest BCUT2D eigenvalue weighted by Gasteiger charge is 2.52. The van der Waals surface area contributed by atoms with Crippen molar-refractivity contribution >= 4 is 35.1 Å². The molecule has 1 saturated heterocycles. The Morgan fingerprint density at radius 2 is 1.88 bits per heavy atom. The van der Waals surface area contributed by atoms with Crippen LogP contribution in [-0.2, 0) is 14.3 Å². The fourth-order valence-corrected chi connectivity index (χ4v) is 5.81. The highest BCUT2D eigenvalue weighted by molar-refractivity contribution is 5.95. The predicted octanol–water partition coefficient (Wildman–Crippen LogP) is 2.66. The average Bonchev–Trinajstić information content (AvgIpc) is 3.25. The third kappa shape index (κ3) is 5.42. The van der Waals surface area contributed by atoms with Crippen molar-refractivity contribution in [3.8, 4) is 0 Å². The Labute approximate surface area is 231 Å². The molecule has 4 N–H and O–H groups in total. The van der Waals surface area contributed by atoms with Crippen molar-refractivity contribution in [2.24, 2.45) is 17.8 Å². The number of ether oxygens (including phenoxy) is 2. The summed E-state index contributed by atoms with van der Waals surface area (Å²) in [5.41, 5.74) is 2.16. The maximum absolute atomic E-state index is 12.1. The number of carboxylic acids is 1. The van der Waals surface area contributed by atoms with Crippen molar-refractivity contribution in [1.82, 2.24) is 30.2 Å². The molecule has 12 nitrogen and oxygen atoms in total. The summed E-state index contributed by atoms with van der Waals surface area (Å²) < 4.78 is 14.9. The number of hydrogen-bond acceptors (Lipinski definition) is 8. The van der Waals surface area contributed by atoms with Gasteiger partial charge in [-0.05, 0) is 43.9 Å². The summed E-state index contributed by atoms with van der Waals surface area (Å²) in [5, 5.41) is 18.2. The molecule has 3 heterocycles. The number of amides is 2. The number of carboxylic acid groups (broad SMARTS) is 1. The van der Waals surface area contributed by atoms with Crippen LogP contribution >= 0.6 is 0 Å². The molecule has 6 rings (SSSR count). The highest BCUT2D eigenvalue weighted by Crippen LogP contribution is 2.45. The summed E-state index contributed by atoms with van der Waals surface area (Å²) in [5.74, 6) is -0.304. The normalized spacial score (nSPS) is 29.1. The minimum Gasteiger partial charge on any atom is -0.481 e. The van der Waals surface area contributed by atoms with Crippen LogP contribution in [0.25, 0.3) is 17.2 Å². The zero-order valence-electron chi connectivity index (χ0n) is 22.1. The summed E-state index contributed by atoms with van der Waals surface area (Å²) in [6, 6.07) is 9.53. The number of imidazole rings is 1. The van der Waals surface area contributed by atoms with E-state index in [1.165, 1.54) is 6.33 Å². The number of aliphatic carboxylic acids is 1. The van der Waals surface area contributed by atoms with Gasteiger partial charge in [-0.1, -0.05) is 36.4 Å². The number of fused-ring (bicyclic) bond motifs is 2. The van der Waals surface area contributed by atoms with Crippen LogP contribution in [0, 0.1) is 17.8 Å². The second-order valence-corrected chi connectivity index (χ2v) is 10.5. The quantitative estimate of drug-likeness (QED) is 0.300. The van der Waals surface area contributed by atoms with Gasteiger partial charge >= 0.3 is 12.0 Å². The molecule has 3 aliphatic rings. The SMILES string of the molecule is CCNC(=O)Nc1ncnc2c1ncn2C1CC(CNCC2CC2C(=O)O)C2O[C@H](C=Cc3ccccc3)OC21. The Morgan fingerprint density at radius 3 is 2.65 bits per heavy atom. The number of anilines is 1. The van der Waals surface area contributed by atoms with Crippen LogP contribution in [0.5, 0.6) is 0 Å². The van der Waals surface area contributed by atoms with Crippen LogP contribution < -0.4 is 16.0 Å². The lowest BCUT2D eigenvalue weighted by Crippen LogP contribution is -2.33. The summed E-state index contributed by atoms with van der Waals surface area (Å²) in [4.78, 5) is 36.6. The van der Waals surface area contributed by atoms with Gasteiger partial charge in [-0.2, -0.15) is 0 Å². The molecule has 12 heteroatoms. The monoisotopic (exact) mass is 547 g/mol. The fraction of sp³-hybridized carbons (Fsp3) is 0.464. The van der Waals surface area contributed by atoms with E-state index >= 15 is 0 Å². The molecule has 2 saturated carbocycles. The van der Waals surface area contributed by atoms with Gasteiger partial charge in [-0.25, -0.2) is 19.7 Å². The van der Waals surface area contributed by atoms with Gasteiger partial charge in [0.15, 0.2) is 23.3 Å². The number of urea groups is 1. The minimum absolute atomic E-state index is 0.100. The van der Waals surface area contributed by atoms with Gasteiger partial charge in [0.2, 0.25) is 0 Å². The number of nitrogens with zero attached hydrogens (tertiary/aromatic N) is 4. The van der Waals surface area contributed by atoms with Crippen molar-refractivity contribution in [1.29, 1.82) is 0 Å². The standard InChI is InChI=1S/C28H33N7O5/c1-2-30-28(38)34-25-22-26(32-14-31-25)35(15-33-22)20-11-18(13-29-12-17-10-19(17)27(36)37)23-24(20)40-21(39-23)9-8-16-6-4-3-5-7-16/h3-9,14-15,17-21,23-24,29H,2,10-13H2,1H3,(H,36,37)(H2,30,31,32,34,38)/t17?,18?,19?,20?,21-,23?,24?/m0/s1. The minimum atomic E-state index is -0.719. The molecule has 1 aliphatic heterocycles. The van der Waals surface area contributed by atoms with Crippen LogP contribution in [0.1, 0.15) is 31.4 Å². The first-order valence-corrected chi connectivity index (χ1v) is 13.7. The highest BCUT2D eigenvalue weighted by atomic mass is 16.7. The zero-order valence-corrected chi connectivity index (χ0v) is 22.1. The lowest BCUT2D eigenvalue weighted by Gasteiger charge is -2.20. The summed E-state index contributed by atoms with van der Waals surface area (Å²) in [6.07, 6.45) is 7.64. The maximum atomic E-state index is 12.1. The molecule has 3 aromatic rings. The number of benzene rings is 1. The number of carbonyl (C=O) groups is 2.